The minimum atomic E-state index is -0.747. The number of hydrogen-bond donors (Lipinski definition) is 1. The number of hydrogen-bond acceptors (Lipinski definition) is 6. The number of carbonyl (C=O) groups is 3. The number of nitrogens with zero attached hydrogens (tertiary/aromatic N) is 1. The van der Waals surface area contributed by atoms with Crippen LogP contribution in [0.4, 0.5) is 5.82 Å². The summed E-state index contributed by atoms with van der Waals surface area (Å²) < 4.78 is 10.0. The first-order valence-electron chi connectivity index (χ1n) is 7.35. The summed E-state index contributed by atoms with van der Waals surface area (Å²) in [6.07, 6.45) is 1.32. The summed E-state index contributed by atoms with van der Waals surface area (Å²) in [5.74, 6) is -1.04. The molecular formula is C17H14Cl2N2O5. The highest BCUT2D eigenvalue weighted by Gasteiger charge is 2.12. The van der Waals surface area contributed by atoms with Gasteiger partial charge in [-0.05, 0) is 25.1 Å². The zero-order valence-corrected chi connectivity index (χ0v) is 15.1. The molecule has 0 fully saturated rings. The van der Waals surface area contributed by atoms with Gasteiger partial charge in [0.2, 0.25) is 0 Å². The number of ketones is 1. The first kappa shape index (κ1) is 19.7. The maximum atomic E-state index is 11.7. The molecule has 2 rings (SSSR count). The van der Waals surface area contributed by atoms with Gasteiger partial charge in [0, 0.05) is 11.8 Å². The summed E-state index contributed by atoms with van der Waals surface area (Å²) >= 11 is 11.6. The van der Waals surface area contributed by atoms with Gasteiger partial charge in [0.25, 0.3) is 5.91 Å². The number of rotatable bonds is 7. The van der Waals surface area contributed by atoms with E-state index in [0.29, 0.717) is 16.3 Å². The third kappa shape index (κ3) is 6.02. The van der Waals surface area contributed by atoms with Gasteiger partial charge in [-0.25, -0.2) is 9.78 Å². The fourth-order valence-electron chi connectivity index (χ4n) is 1.81. The average Bonchev–Trinajstić information content (AvgIpc) is 2.61. The molecule has 0 spiro atoms. The molecule has 0 saturated carbocycles. The molecule has 26 heavy (non-hydrogen) atoms. The zero-order valence-electron chi connectivity index (χ0n) is 13.6. The first-order chi connectivity index (χ1) is 12.3. The molecule has 1 aromatic heterocycles. The number of nitrogens with one attached hydrogen (secondary N) is 1. The Balaban J connectivity index is 1.78. The van der Waals surface area contributed by atoms with Gasteiger partial charge in [-0.2, -0.15) is 0 Å². The van der Waals surface area contributed by atoms with Crippen molar-refractivity contribution in [3.8, 4) is 5.75 Å². The Morgan fingerprint density at radius 2 is 1.92 bits per heavy atom. The summed E-state index contributed by atoms with van der Waals surface area (Å²) in [7, 11) is 0. The number of anilines is 1. The first-order valence-corrected chi connectivity index (χ1v) is 8.11. The highest BCUT2D eigenvalue weighted by atomic mass is 35.5. The van der Waals surface area contributed by atoms with E-state index in [1.54, 1.807) is 18.2 Å². The maximum absolute atomic E-state index is 11.7. The molecule has 0 saturated heterocycles. The second kappa shape index (κ2) is 9.17. The molecule has 136 valence electrons. The fourth-order valence-corrected chi connectivity index (χ4v) is 2.24. The Hall–Kier alpha value is -2.64. The van der Waals surface area contributed by atoms with Crippen molar-refractivity contribution in [2.45, 2.75) is 6.92 Å². The summed E-state index contributed by atoms with van der Waals surface area (Å²) in [6, 6.07) is 7.79. The lowest BCUT2D eigenvalue weighted by atomic mass is 10.1. The lowest BCUT2D eigenvalue weighted by molar-refractivity contribution is -0.149. The van der Waals surface area contributed by atoms with E-state index in [9.17, 15) is 14.4 Å². The van der Waals surface area contributed by atoms with Gasteiger partial charge in [-0.1, -0.05) is 35.3 Å². The topological polar surface area (TPSA) is 94.6 Å². The average molecular weight is 397 g/mol. The molecule has 7 nitrogen and oxygen atoms in total. The predicted octanol–water partition coefficient (Wildman–Crippen LogP) is 3.15. The van der Waals surface area contributed by atoms with Crippen LogP contribution < -0.4 is 10.1 Å². The summed E-state index contributed by atoms with van der Waals surface area (Å²) in [5, 5.41) is 2.87. The highest BCUT2D eigenvalue weighted by molar-refractivity contribution is 6.36. The summed E-state index contributed by atoms with van der Waals surface area (Å²) in [6.45, 7) is 0.485. The van der Waals surface area contributed by atoms with Crippen LogP contribution in [0.3, 0.4) is 0 Å². The third-order valence-corrected chi connectivity index (χ3v) is 3.52. The molecule has 0 aliphatic heterocycles. The molecule has 0 aliphatic carbocycles. The molecule has 0 aliphatic rings. The van der Waals surface area contributed by atoms with Gasteiger partial charge >= 0.3 is 5.97 Å². The van der Waals surface area contributed by atoms with Crippen molar-refractivity contribution in [3.63, 3.8) is 0 Å². The van der Waals surface area contributed by atoms with Crippen molar-refractivity contribution in [3.05, 3.63) is 52.1 Å². The lowest BCUT2D eigenvalue weighted by Gasteiger charge is -2.09. The van der Waals surface area contributed by atoms with Crippen molar-refractivity contribution in [1.29, 1.82) is 0 Å². The van der Waals surface area contributed by atoms with Crippen molar-refractivity contribution >= 4 is 46.7 Å². The minimum Gasteiger partial charge on any atom is -0.482 e. The Morgan fingerprint density at radius 3 is 2.62 bits per heavy atom. The van der Waals surface area contributed by atoms with Crippen molar-refractivity contribution < 1.29 is 23.9 Å². The van der Waals surface area contributed by atoms with E-state index in [0.717, 1.165) is 0 Å². The highest BCUT2D eigenvalue weighted by Crippen LogP contribution is 2.22. The number of ether oxygens (including phenoxy) is 2. The molecule has 0 atom stereocenters. The van der Waals surface area contributed by atoms with Crippen LogP contribution in [0, 0.1) is 0 Å². The van der Waals surface area contributed by atoms with Gasteiger partial charge in [0.1, 0.15) is 5.75 Å². The molecule has 0 radical (unpaired) electrons. The fraction of sp³-hybridized carbons (Fsp3) is 0.176. The van der Waals surface area contributed by atoms with Crippen molar-refractivity contribution in [2.75, 3.05) is 18.5 Å². The molecule has 0 unspecified atom stereocenters. The SMILES string of the molecule is CC(=O)c1cccc(OCC(=O)OCC(=O)Nc2ncc(Cl)cc2Cl)c1. The Bertz CT molecular complexity index is 842. The van der Waals surface area contributed by atoms with Crippen LogP contribution in [0.2, 0.25) is 10.0 Å². The molecular weight excluding hydrogens is 383 g/mol. The van der Waals surface area contributed by atoms with E-state index in [4.69, 9.17) is 32.7 Å². The van der Waals surface area contributed by atoms with E-state index < -0.39 is 25.1 Å². The van der Waals surface area contributed by atoms with Gasteiger partial charge in [0.15, 0.2) is 24.8 Å². The molecule has 1 aromatic carbocycles. The smallest absolute Gasteiger partial charge is 0.344 e. The minimum absolute atomic E-state index is 0.106. The molecule has 1 amide bonds. The molecule has 1 N–H and O–H groups in total. The van der Waals surface area contributed by atoms with Crippen molar-refractivity contribution in [1.82, 2.24) is 4.98 Å². The standard InChI is InChI=1S/C17H14Cl2N2O5/c1-10(22)11-3-2-4-13(5-11)25-9-16(24)26-8-15(23)21-17-14(19)6-12(18)7-20-17/h2-7H,8-9H2,1H3,(H,20,21,23). The lowest BCUT2D eigenvalue weighted by Crippen LogP contribution is -2.24. The largest absolute Gasteiger partial charge is 0.482 e. The van der Waals surface area contributed by atoms with Crippen molar-refractivity contribution in [2.24, 2.45) is 0 Å². The number of pyridine rings is 1. The predicted molar refractivity (Wildman–Crippen MR) is 95.8 cm³/mol. The maximum Gasteiger partial charge on any atom is 0.344 e. The number of esters is 1. The van der Waals surface area contributed by atoms with Crippen LogP contribution in [0.15, 0.2) is 36.5 Å². The van der Waals surface area contributed by atoms with Gasteiger partial charge in [0.05, 0.1) is 10.0 Å². The normalized spacial score (nSPS) is 10.1. The molecule has 0 bridgehead atoms. The van der Waals surface area contributed by atoms with Crippen LogP contribution in [-0.4, -0.2) is 35.9 Å². The number of carbonyl (C=O) groups excluding carboxylic acids is 3. The second-order valence-electron chi connectivity index (χ2n) is 5.07. The molecule has 1 heterocycles. The van der Waals surface area contributed by atoms with Gasteiger partial charge in [-0.3, -0.25) is 9.59 Å². The Labute approximate surface area is 159 Å². The Morgan fingerprint density at radius 1 is 1.15 bits per heavy atom. The monoisotopic (exact) mass is 396 g/mol. The zero-order chi connectivity index (χ0) is 19.1. The summed E-state index contributed by atoms with van der Waals surface area (Å²) in [4.78, 5) is 38.5. The van der Waals surface area contributed by atoms with Gasteiger partial charge < -0.3 is 14.8 Å². The van der Waals surface area contributed by atoms with E-state index in [1.807, 2.05) is 0 Å². The number of aromatic nitrogens is 1. The number of benzene rings is 1. The summed E-state index contributed by atoms with van der Waals surface area (Å²) in [5.41, 5.74) is 0.461. The van der Waals surface area contributed by atoms with Gasteiger partial charge in [-0.15, -0.1) is 0 Å². The van der Waals surface area contributed by atoms with Crippen LogP contribution >= 0.6 is 23.2 Å². The van der Waals surface area contributed by atoms with Crippen LogP contribution in [-0.2, 0) is 14.3 Å². The number of halogens is 2. The van der Waals surface area contributed by atoms with Crippen LogP contribution in [0.1, 0.15) is 17.3 Å². The van der Waals surface area contributed by atoms with Crippen LogP contribution in [0.5, 0.6) is 5.75 Å². The second-order valence-corrected chi connectivity index (χ2v) is 5.91. The van der Waals surface area contributed by atoms with Crippen LogP contribution in [0.25, 0.3) is 0 Å². The quantitative estimate of drug-likeness (QED) is 0.570. The third-order valence-electron chi connectivity index (χ3n) is 3.03. The number of amides is 1. The molecule has 2 aromatic rings. The van der Waals surface area contributed by atoms with E-state index in [2.05, 4.69) is 10.3 Å². The molecule has 9 heteroatoms. The van der Waals surface area contributed by atoms with E-state index >= 15 is 0 Å². The Kier molecular flexibility index (Phi) is 6.94. The number of Topliss-reactive ketones (excluding diaryl/α,β-unsaturated/α-hetero) is 1. The van der Waals surface area contributed by atoms with E-state index in [1.165, 1.54) is 25.3 Å². The van der Waals surface area contributed by atoms with E-state index in [-0.39, 0.29) is 16.6 Å².